The van der Waals surface area contributed by atoms with Crippen molar-refractivity contribution in [1.82, 2.24) is 9.97 Å². The Bertz CT molecular complexity index is 1070. The summed E-state index contributed by atoms with van der Waals surface area (Å²) in [4.78, 5) is 10.9. The highest BCUT2D eigenvalue weighted by Crippen LogP contribution is 2.44. The molecule has 4 aromatic heterocycles. The lowest BCUT2D eigenvalue weighted by Gasteiger charge is -2.08. The normalized spacial score (nSPS) is 12.7. The molecule has 0 bridgehead atoms. The lowest BCUT2D eigenvalue weighted by Crippen LogP contribution is -2.06. The first-order chi connectivity index (χ1) is 13.1. The van der Waals surface area contributed by atoms with E-state index in [0.29, 0.717) is 21.4 Å². The second kappa shape index (κ2) is 7.63. The number of rotatable bonds is 6. The summed E-state index contributed by atoms with van der Waals surface area (Å²) in [6.07, 6.45) is 3.34. The first kappa shape index (κ1) is 18.5. The van der Waals surface area contributed by atoms with Crippen LogP contribution in [0, 0.1) is 6.92 Å². The maximum absolute atomic E-state index is 12.8. The molecule has 8 heteroatoms. The molecule has 0 aliphatic carbocycles. The molecule has 0 amide bonds. The van der Waals surface area contributed by atoms with Gasteiger partial charge in [0.25, 0.3) is 0 Å². The number of unbranched alkanes of at least 4 members (excludes halogenated alkanes) is 1. The van der Waals surface area contributed by atoms with Gasteiger partial charge in [-0.25, -0.2) is 9.97 Å². The van der Waals surface area contributed by atoms with Crippen LogP contribution in [0.25, 0.3) is 32.1 Å². The molecule has 0 aromatic carbocycles. The smallest absolute Gasteiger partial charge is 0.232 e. The average molecular weight is 418 g/mol. The van der Waals surface area contributed by atoms with Crippen molar-refractivity contribution >= 4 is 49.8 Å². The third kappa shape index (κ3) is 3.38. The zero-order valence-electron chi connectivity index (χ0n) is 15.0. The summed E-state index contributed by atoms with van der Waals surface area (Å²) in [5, 5.41) is 2.83. The number of anilines is 1. The van der Waals surface area contributed by atoms with Crippen molar-refractivity contribution in [2.75, 3.05) is 11.5 Å². The Morgan fingerprint density at radius 3 is 2.89 bits per heavy atom. The minimum Gasteiger partial charge on any atom is -0.611 e. The Hall–Kier alpha value is -1.87. The van der Waals surface area contributed by atoms with Crippen LogP contribution in [0.3, 0.4) is 0 Å². The summed E-state index contributed by atoms with van der Waals surface area (Å²) in [7, 11) is 0. The maximum atomic E-state index is 12.8. The molecule has 1 unspecified atom stereocenters. The molecule has 4 aromatic rings. The number of fused-ring (bicyclic) bond motifs is 1. The quantitative estimate of drug-likeness (QED) is 0.420. The first-order valence-corrected chi connectivity index (χ1v) is 11.7. The van der Waals surface area contributed by atoms with E-state index in [9.17, 15) is 4.55 Å². The molecule has 4 heterocycles. The number of aryl methyl sites for hydroxylation is 1. The second-order valence-corrected chi connectivity index (χ2v) is 9.90. The molecule has 0 saturated carbocycles. The van der Waals surface area contributed by atoms with E-state index in [-0.39, 0.29) is 0 Å². The summed E-state index contributed by atoms with van der Waals surface area (Å²) in [6, 6.07) is 6.02. The van der Waals surface area contributed by atoms with Crippen LogP contribution in [0.2, 0.25) is 0 Å². The Morgan fingerprint density at radius 1 is 1.37 bits per heavy atom. The number of oxazole rings is 1. The largest absolute Gasteiger partial charge is 0.611 e. The number of nitrogens with zero attached hydrogens (tertiary/aromatic N) is 2. The van der Waals surface area contributed by atoms with Crippen LogP contribution in [-0.4, -0.2) is 20.3 Å². The molecule has 140 valence electrons. The van der Waals surface area contributed by atoms with E-state index in [2.05, 4.69) is 11.9 Å². The number of aromatic nitrogens is 2. The molecule has 0 spiro atoms. The van der Waals surface area contributed by atoms with E-state index in [4.69, 9.17) is 15.1 Å². The fourth-order valence-electron chi connectivity index (χ4n) is 2.93. The van der Waals surface area contributed by atoms with Crippen molar-refractivity contribution in [1.29, 1.82) is 0 Å². The van der Waals surface area contributed by atoms with Crippen LogP contribution in [0.15, 0.2) is 38.6 Å². The van der Waals surface area contributed by atoms with E-state index >= 15 is 0 Å². The van der Waals surface area contributed by atoms with Gasteiger partial charge in [0.05, 0.1) is 21.7 Å². The summed E-state index contributed by atoms with van der Waals surface area (Å²) in [6.45, 7) is 3.99. The average Bonchev–Trinajstić information content (AvgIpc) is 3.39. The van der Waals surface area contributed by atoms with Crippen LogP contribution in [0.1, 0.15) is 25.5 Å². The molecule has 4 rings (SSSR count). The minimum absolute atomic E-state index is 0.542. The van der Waals surface area contributed by atoms with Crippen LogP contribution in [0.4, 0.5) is 5.69 Å². The van der Waals surface area contributed by atoms with Crippen LogP contribution < -0.4 is 5.73 Å². The minimum atomic E-state index is -1.12. The fraction of sp³-hybridized carbons (Fsp3) is 0.263. The van der Waals surface area contributed by atoms with Gasteiger partial charge in [-0.15, -0.1) is 11.3 Å². The molecule has 2 N–H and O–H groups in total. The van der Waals surface area contributed by atoms with Crippen molar-refractivity contribution in [3.63, 3.8) is 0 Å². The van der Waals surface area contributed by atoms with E-state index in [1.807, 2.05) is 30.5 Å². The van der Waals surface area contributed by atoms with Crippen molar-refractivity contribution in [2.24, 2.45) is 0 Å². The van der Waals surface area contributed by atoms with Crippen molar-refractivity contribution in [3.8, 4) is 21.9 Å². The molecule has 0 saturated heterocycles. The number of nitrogen functional groups attached to an aromatic ring is 1. The van der Waals surface area contributed by atoms with Crippen LogP contribution in [-0.2, 0) is 11.2 Å². The predicted molar refractivity (Wildman–Crippen MR) is 114 cm³/mol. The molecule has 27 heavy (non-hydrogen) atoms. The number of nitrogens with two attached hydrogens (primary N) is 1. The third-order valence-corrected chi connectivity index (χ3v) is 8.21. The summed E-state index contributed by atoms with van der Waals surface area (Å²) in [5.74, 6) is 1.29. The molecule has 0 fully saturated rings. The zero-order valence-corrected chi connectivity index (χ0v) is 17.5. The van der Waals surface area contributed by atoms with Gasteiger partial charge in [-0.2, -0.15) is 0 Å². The number of thiophene rings is 2. The van der Waals surface area contributed by atoms with Gasteiger partial charge in [0.15, 0.2) is 12.2 Å². The molecule has 0 aliphatic heterocycles. The Kier molecular flexibility index (Phi) is 5.23. The molecule has 0 radical (unpaired) electrons. The zero-order chi connectivity index (χ0) is 19.0. The monoisotopic (exact) mass is 417 g/mol. The molecular formula is C19H19N3O2S3. The molecule has 5 nitrogen and oxygen atoms in total. The molecular weight excluding hydrogens is 398 g/mol. The Balaban J connectivity index is 1.95. The fourth-order valence-corrected chi connectivity index (χ4v) is 6.41. The van der Waals surface area contributed by atoms with E-state index < -0.39 is 11.2 Å². The van der Waals surface area contributed by atoms with Gasteiger partial charge in [-0.3, -0.25) is 0 Å². The highest BCUT2D eigenvalue weighted by Gasteiger charge is 2.26. The summed E-state index contributed by atoms with van der Waals surface area (Å²) >= 11 is 1.92. The maximum Gasteiger partial charge on any atom is 0.232 e. The number of pyridine rings is 1. The molecule has 1 atom stereocenters. The van der Waals surface area contributed by atoms with Gasteiger partial charge in [0, 0.05) is 5.56 Å². The van der Waals surface area contributed by atoms with Crippen LogP contribution in [0.5, 0.6) is 0 Å². The van der Waals surface area contributed by atoms with Crippen molar-refractivity contribution < 1.29 is 8.97 Å². The second-order valence-electron chi connectivity index (χ2n) is 6.19. The van der Waals surface area contributed by atoms with Gasteiger partial charge in [0.1, 0.15) is 16.3 Å². The standard InChI is InChI=1S/C19H19N3O2S3/c1-3-4-8-27(23)19-16(20)15-12(17-11(2)21-10-24-17)9-13(22-18(15)26-19)14-6-5-7-25-14/h5-7,9-10H,3-4,8,20H2,1-2H3. The predicted octanol–water partition coefficient (Wildman–Crippen LogP) is 5.48. The Labute approximate surface area is 168 Å². The van der Waals surface area contributed by atoms with Gasteiger partial charge in [0.2, 0.25) is 4.21 Å². The van der Waals surface area contributed by atoms with Gasteiger partial charge < -0.3 is 14.7 Å². The first-order valence-electron chi connectivity index (χ1n) is 8.65. The third-order valence-electron chi connectivity index (χ3n) is 4.32. The highest BCUT2D eigenvalue weighted by atomic mass is 32.2. The lowest BCUT2D eigenvalue weighted by molar-refractivity contribution is 0.572. The van der Waals surface area contributed by atoms with Crippen LogP contribution >= 0.6 is 22.7 Å². The number of hydrogen-bond acceptors (Lipinski definition) is 7. The number of hydrogen-bond donors (Lipinski definition) is 1. The lowest BCUT2D eigenvalue weighted by atomic mass is 10.1. The summed E-state index contributed by atoms with van der Waals surface area (Å²) < 4.78 is 19.1. The van der Waals surface area contributed by atoms with Crippen molar-refractivity contribution in [3.05, 3.63) is 35.7 Å². The highest BCUT2D eigenvalue weighted by molar-refractivity contribution is 7.93. The Morgan fingerprint density at radius 2 is 2.22 bits per heavy atom. The van der Waals surface area contributed by atoms with E-state index in [1.165, 1.54) is 17.7 Å². The van der Waals surface area contributed by atoms with Gasteiger partial charge in [-0.1, -0.05) is 30.7 Å². The summed E-state index contributed by atoms with van der Waals surface area (Å²) in [5.41, 5.74) is 9.50. The topological polar surface area (TPSA) is 88.0 Å². The SMILES string of the molecule is CCCC[S+]([O-])c1sc2nc(-c3cccs3)cc(-c3ocnc3C)c2c1N. The van der Waals surface area contributed by atoms with E-state index in [0.717, 1.165) is 44.9 Å². The van der Waals surface area contributed by atoms with Gasteiger partial charge >= 0.3 is 0 Å². The molecule has 0 aliphatic rings. The van der Waals surface area contributed by atoms with Crippen molar-refractivity contribution in [2.45, 2.75) is 30.9 Å². The van der Waals surface area contributed by atoms with Gasteiger partial charge in [-0.05, 0) is 42.0 Å². The van der Waals surface area contributed by atoms with E-state index in [1.54, 1.807) is 11.3 Å².